The molecule has 3 heteroatoms. The first-order chi connectivity index (χ1) is 8.70. The van der Waals surface area contributed by atoms with Crippen molar-refractivity contribution in [1.82, 2.24) is 0 Å². The maximum atomic E-state index is 9.53. The lowest BCUT2D eigenvalue weighted by Gasteiger charge is -2.30. The average Bonchev–Trinajstić information content (AvgIpc) is 2.41. The number of benzene rings is 1. The fourth-order valence-corrected chi connectivity index (χ4v) is 2.76. The van der Waals surface area contributed by atoms with Crippen molar-refractivity contribution < 1.29 is 9.84 Å². The number of para-hydroxylation sites is 2. The summed E-state index contributed by atoms with van der Waals surface area (Å²) < 4.78 is 5.39. The first-order valence-corrected chi connectivity index (χ1v) is 6.73. The third-order valence-corrected chi connectivity index (χ3v) is 3.84. The van der Waals surface area contributed by atoms with Gasteiger partial charge in [-0.05, 0) is 43.7 Å². The van der Waals surface area contributed by atoms with Crippen molar-refractivity contribution >= 4 is 5.69 Å². The summed E-state index contributed by atoms with van der Waals surface area (Å²) in [6.07, 6.45) is 4.08. The van der Waals surface area contributed by atoms with Gasteiger partial charge in [-0.3, -0.25) is 0 Å². The number of rotatable bonds is 4. The Hall–Kier alpha value is -1.22. The van der Waals surface area contributed by atoms with E-state index in [0.29, 0.717) is 5.92 Å². The topological polar surface area (TPSA) is 32.7 Å². The molecule has 0 unspecified atom stereocenters. The molecule has 1 aliphatic rings. The summed E-state index contributed by atoms with van der Waals surface area (Å²) in [5.74, 6) is 1.61. The predicted molar refractivity (Wildman–Crippen MR) is 74.2 cm³/mol. The molecule has 1 fully saturated rings. The van der Waals surface area contributed by atoms with Crippen LogP contribution in [0.25, 0.3) is 0 Å². The van der Waals surface area contributed by atoms with Crippen LogP contribution in [0, 0.1) is 5.92 Å². The zero-order chi connectivity index (χ0) is 13.0. The Morgan fingerprint density at radius 3 is 2.56 bits per heavy atom. The summed E-state index contributed by atoms with van der Waals surface area (Å²) in [6.45, 7) is 1.03. The van der Waals surface area contributed by atoms with Crippen LogP contribution in [0.1, 0.15) is 25.7 Å². The molecule has 1 N–H and O–H groups in total. The molecule has 0 atom stereocenters. The molecule has 1 aromatic carbocycles. The van der Waals surface area contributed by atoms with Crippen molar-refractivity contribution in [3.8, 4) is 5.75 Å². The molecule has 0 heterocycles. The van der Waals surface area contributed by atoms with Gasteiger partial charge < -0.3 is 14.7 Å². The van der Waals surface area contributed by atoms with E-state index in [4.69, 9.17) is 4.74 Å². The minimum atomic E-state index is -0.0715. The molecule has 0 bridgehead atoms. The van der Waals surface area contributed by atoms with Gasteiger partial charge >= 0.3 is 0 Å². The van der Waals surface area contributed by atoms with Crippen LogP contribution < -0.4 is 9.64 Å². The number of methoxy groups -OCH3 is 1. The minimum absolute atomic E-state index is 0.0715. The van der Waals surface area contributed by atoms with E-state index < -0.39 is 0 Å². The molecule has 0 aromatic heterocycles. The number of aliphatic hydroxyl groups excluding tert-OH is 1. The van der Waals surface area contributed by atoms with E-state index in [1.54, 1.807) is 7.11 Å². The van der Waals surface area contributed by atoms with Crippen molar-refractivity contribution in [1.29, 1.82) is 0 Å². The highest BCUT2D eigenvalue weighted by Gasteiger charge is 2.21. The fourth-order valence-electron chi connectivity index (χ4n) is 2.76. The quantitative estimate of drug-likeness (QED) is 0.890. The van der Waals surface area contributed by atoms with E-state index in [-0.39, 0.29) is 6.10 Å². The molecule has 0 aliphatic heterocycles. The number of hydrogen-bond donors (Lipinski definition) is 1. The molecule has 1 aliphatic carbocycles. The monoisotopic (exact) mass is 249 g/mol. The third kappa shape index (κ3) is 3.16. The van der Waals surface area contributed by atoms with E-state index in [9.17, 15) is 5.11 Å². The summed E-state index contributed by atoms with van der Waals surface area (Å²) >= 11 is 0. The molecule has 1 aromatic rings. The summed E-state index contributed by atoms with van der Waals surface area (Å²) in [7, 11) is 3.83. The van der Waals surface area contributed by atoms with Gasteiger partial charge in [0.1, 0.15) is 5.75 Å². The van der Waals surface area contributed by atoms with Crippen molar-refractivity contribution in [2.45, 2.75) is 31.8 Å². The van der Waals surface area contributed by atoms with Gasteiger partial charge in [-0.2, -0.15) is 0 Å². The summed E-state index contributed by atoms with van der Waals surface area (Å²) in [6, 6.07) is 8.12. The Balaban J connectivity index is 1.96. The second kappa shape index (κ2) is 6.10. The lowest BCUT2D eigenvalue weighted by Crippen LogP contribution is -2.29. The van der Waals surface area contributed by atoms with Gasteiger partial charge in [0.2, 0.25) is 0 Å². The molecule has 0 saturated heterocycles. The van der Waals surface area contributed by atoms with E-state index >= 15 is 0 Å². The van der Waals surface area contributed by atoms with Crippen LogP contribution in [0.5, 0.6) is 5.75 Å². The van der Waals surface area contributed by atoms with Gasteiger partial charge in [-0.25, -0.2) is 0 Å². The van der Waals surface area contributed by atoms with Crippen LogP contribution in [0.15, 0.2) is 24.3 Å². The van der Waals surface area contributed by atoms with Gasteiger partial charge in [-0.1, -0.05) is 12.1 Å². The van der Waals surface area contributed by atoms with Crippen LogP contribution in [0.2, 0.25) is 0 Å². The lowest BCUT2D eigenvalue weighted by atomic mass is 9.87. The minimum Gasteiger partial charge on any atom is -0.495 e. The molecule has 0 spiro atoms. The van der Waals surface area contributed by atoms with Crippen molar-refractivity contribution in [3.05, 3.63) is 24.3 Å². The zero-order valence-corrected chi connectivity index (χ0v) is 11.3. The summed E-state index contributed by atoms with van der Waals surface area (Å²) in [5, 5.41) is 9.53. The van der Waals surface area contributed by atoms with E-state index in [1.807, 2.05) is 18.2 Å². The highest BCUT2D eigenvalue weighted by Crippen LogP contribution is 2.30. The molecular weight excluding hydrogens is 226 g/mol. The number of anilines is 1. The van der Waals surface area contributed by atoms with Crippen molar-refractivity contribution in [2.24, 2.45) is 5.92 Å². The second-order valence-electron chi connectivity index (χ2n) is 5.23. The Morgan fingerprint density at radius 1 is 1.22 bits per heavy atom. The largest absolute Gasteiger partial charge is 0.495 e. The standard InChI is InChI=1S/C15H23NO2/c1-16(11-12-7-9-13(17)10-8-12)14-5-3-4-6-15(14)18-2/h3-6,12-13,17H,7-11H2,1-2H3. The van der Waals surface area contributed by atoms with E-state index in [2.05, 4.69) is 18.0 Å². The highest BCUT2D eigenvalue weighted by atomic mass is 16.5. The normalized spacial score (nSPS) is 23.7. The van der Waals surface area contributed by atoms with E-state index in [0.717, 1.165) is 43.7 Å². The summed E-state index contributed by atoms with van der Waals surface area (Å²) in [5.41, 5.74) is 1.14. The van der Waals surface area contributed by atoms with Gasteiger partial charge in [0.25, 0.3) is 0 Å². The van der Waals surface area contributed by atoms with Crippen LogP contribution >= 0.6 is 0 Å². The van der Waals surface area contributed by atoms with Crippen LogP contribution in [-0.4, -0.2) is 31.9 Å². The molecule has 0 amide bonds. The predicted octanol–water partition coefficient (Wildman–Crippen LogP) is 2.68. The average molecular weight is 249 g/mol. The SMILES string of the molecule is COc1ccccc1N(C)CC1CCC(O)CC1. The molecule has 3 nitrogen and oxygen atoms in total. The zero-order valence-electron chi connectivity index (χ0n) is 11.3. The molecule has 2 rings (SSSR count). The number of ether oxygens (including phenoxy) is 1. The van der Waals surface area contributed by atoms with E-state index in [1.165, 1.54) is 0 Å². The van der Waals surface area contributed by atoms with Crippen LogP contribution in [-0.2, 0) is 0 Å². The Morgan fingerprint density at radius 2 is 1.89 bits per heavy atom. The van der Waals surface area contributed by atoms with Gasteiger partial charge in [0.05, 0.1) is 18.9 Å². The molecular formula is C15H23NO2. The fraction of sp³-hybridized carbons (Fsp3) is 0.600. The second-order valence-corrected chi connectivity index (χ2v) is 5.23. The molecule has 100 valence electrons. The third-order valence-electron chi connectivity index (χ3n) is 3.84. The Bertz CT molecular complexity index is 373. The lowest BCUT2D eigenvalue weighted by molar-refractivity contribution is 0.110. The first-order valence-electron chi connectivity index (χ1n) is 6.73. The molecule has 18 heavy (non-hydrogen) atoms. The maximum absolute atomic E-state index is 9.53. The number of aliphatic hydroxyl groups is 1. The Kier molecular flexibility index (Phi) is 4.48. The summed E-state index contributed by atoms with van der Waals surface area (Å²) in [4.78, 5) is 2.27. The van der Waals surface area contributed by atoms with Gasteiger partial charge in [0, 0.05) is 13.6 Å². The van der Waals surface area contributed by atoms with Crippen LogP contribution in [0.4, 0.5) is 5.69 Å². The van der Waals surface area contributed by atoms with Gasteiger partial charge in [0.15, 0.2) is 0 Å². The maximum Gasteiger partial charge on any atom is 0.142 e. The number of hydrogen-bond acceptors (Lipinski definition) is 3. The van der Waals surface area contributed by atoms with Crippen LogP contribution in [0.3, 0.4) is 0 Å². The molecule has 1 saturated carbocycles. The first kappa shape index (κ1) is 13.2. The van der Waals surface area contributed by atoms with Crippen molar-refractivity contribution in [3.63, 3.8) is 0 Å². The molecule has 0 radical (unpaired) electrons. The van der Waals surface area contributed by atoms with Crippen molar-refractivity contribution in [2.75, 3.05) is 25.6 Å². The Labute approximate surface area is 109 Å². The highest BCUT2D eigenvalue weighted by molar-refractivity contribution is 5.57. The number of nitrogens with zero attached hydrogens (tertiary/aromatic N) is 1. The van der Waals surface area contributed by atoms with Gasteiger partial charge in [-0.15, -0.1) is 0 Å². The smallest absolute Gasteiger partial charge is 0.142 e.